The summed E-state index contributed by atoms with van der Waals surface area (Å²) in [5.74, 6) is -0.779. The van der Waals surface area contributed by atoms with Gasteiger partial charge in [-0.1, -0.05) is 6.42 Å². The van der Waals surface area contributed by atoms with Crippen LogP contribution >= 0.6 is 12.6 Å². The number of carboxylic acids is 1. The van der Waals surface area contributed by atoms with E-state index < -0.39 is 18.1 Å². The van der Waals surface area contributed by atoms with Gasteiger partial charge in [-0.3, -0.25) is 4.79 Å². The largest absolute Gasteiger partial charge is 0.480 e. The maximum Gasteiger partial charge on any atom is 0.328 e. The molecule has 6 heteroatoms. The number of rotatable bonds is 8. The average molecular weight is 249 g/mol. The molecule has 0 rings (SSSR count). The minimum absolute atomic E-state index is 0.282. The molecule has 3 N–H and O–H groups in total. The lowest BCUT2D eigenvalue weighted by atomic mass is 10.1. The number of aliphatic hydroxyl groups is 1. The zero-order valence-corrected chi connectivity index (χ0v) is 10.2. The Hall–Kier alpha value is -0.750. The fourth-order valence-electron chi connectivity index (χ4n) is 1.21. The van der Waals surface area contributed by atoms with E-state index in [2.05, 4.69) is 17.9 Å². The van der Waals surface area contributed by atoms with Gasteiger partial charge in [-0.2, -0.15) is 12.6 Å². The van der Waals surface area contributed by atoms with Gasteiger partial charge in [-0.05, 0) is 25.5 Å². The van der Waals surface area contributed by atoms with E-state index in [1.54, 1.807) is 0 Å². The average Bonchev–Trinajstić information content (AvgIpc) is 2.20. The molecule has 5 nitrogen and oxygen atoms in total. The number of hydrogen-bond acceptors (Lipinski definition) is 4. The number of carbonyl (C=O) groups excluding carboxylic acids is 1. The Bertz CT molecular complexity index is 233. The van der Waals surface area contributed by atoms with Crippen LogP contribution in [0, 0.1) is 0 Å². The Morgan fingerprint density at radius 2 is 1.94 bits per heavy atom. The van der Waals surface area contributed by atoms with E-state index in [0.29, 0.717) is 6.42 Å². The maximum atomic E-state index is 11.3. The van der Waals surface area contributed by atoms with Crippen molar-refractivity contribution >= 4 is 24.5 Å². The molecule has 0 spiro atoms. The van der Waals surface area contributed by atoms with Gasteiger partial charge >= 0.3 is 5.97 Å². The normalized spacial score (nSPS) is 14.2. The van der Waals surface area contributed by atoms with Gasteiger partial charge in [0, 0.05) is 6.42 Å². The van der Waals surface area contributed by atoms with Crippen LogP contribution in [0.3, 0.4) is 0 Å². The second-order valence-electron chi connectivity index (χ2n) is 3.66. The molecule has 0 aromatic rings. The summed E-state index contributed by atoms with van der Waals surface area (Å²) in [7, 11) is 0. The molecule has 0 bridgehead atoms. The van der Waals surface area contributed by atoms with E-state index in [-0.39, 0.29) is 12.3 Å². The molecule has 1 amide bonds. The smallest absolute Gasteiger partial charge is 0.328 e. The first-order valence-electron chi connectivity index (χ1n) is 5.30. The quantitative estimate of drug-likeness (QED) is 0.371. The van der Waals surface area contributed by atoms with Gasteiger partial charge in [0.2, 0.25) is 5.91 Å². The summed E-state index contributed by atoms with van der Waals surface area (Å²) >= 11 is 4.04. The summed E-state index contributed by atoms with van der Waals surface area (Å²) in [4.78, 5) is 22.0. The second-order valence-corrected chi connectivity index (χ2v) is 4.11. The van der Waals surface area contributed by atoms with E-state index in [0.717, 1.165) is 18.6 Å². The van der Waals surface area contributed by atoms with Crippen LogP contribution in [0.25, 0.3) is 0 Å². The third-order valence-corrected chi connectivity index (χ3v) is 2.44. The summed E-state index contributed by atoms with van der Waals surface area (Å²) in [6, 6.07) is -1.22. The summed E-state index contributed by atoms with van der Waals surface area (Å²) in [5.41, 5.74) is 0. The summed E-state index contributed by atoms with van der Waals surface area (Å²) < 4.78 is 0. The number of thiol groups is 1. The van der Waals surface area contributed by atoms with Crippen molar-refractivity contribution in [1.82, 2.24) is 5.32 Å². The molecule has 0 aliphatic heterocycles. The van der Waals surface area contributed by atoms with Crippen molar-refractivity contribution in [2.45, 2.75) is 44.8 Å². The maximum absolute atomic E-state index is 11.3. The Morgan fingerprint density at radius 1 is 1.31 bits per heavy atom. The van der Waals surface area contributed by atoms with Crippen molar-refractivity contribution < 1.29 is 19.8 Å². The van der Waals surface area contributed by atoms with Crippen LogP contribution in [0.2, 0.25) is 0 Å². The van der Waals surface area contributed by atoms with Crippen molar-refractivity contribution in [2.24, 2.45) is 0 Å². The topological polar surface area (TPSA) is 86.6 Å². The summed E-state index contributed by atoms with van der Waals surface area (Å²) in [5, 5.41) is 20.1. The van der Waals surface area contributed by atoms with Gasteiger partial charge < -0.3 is 15.5 Å². The second kappa shape index (κ2) is 8.41. The van der Waals surface area contributed by atoms with Crippen LogP contribution in [-0.2, 0) is 9.59 Å². The van der Waals surface area contributed by atoms with Crippen molar-refractivity contribution in [3.05, 3.63) is 0 Å². The number of aliphatic carboxylic acids is 1. The molecular formula is C10H19NO4S. The number of aliphatic hydroxyl groups excluding tert-OH is 1. The Morgan fingerprint density at radius 3 is 2.38 bits per heavy atom. The van der Waals surface area contributed by atoms with Gasteiger partial charge in [-0.25, -0.2) is 4.79 Å². The fourth-order valence-corrected chi connectivity index (χ4v) is 1.43. The molecule has 16 heavy (non-hydrogen) atoms. The first-order valence-corrected chi connectivity index (χ1v) is 5.93. The molecule has 0 heterocycles. The highest BCUT2D eigenvalue weighted by molar-refractivity contribution is 7.80. The molecule has 94 valence electrons. The number of carbonyl (C=O) groups is 2. The van der Waals surface area contributed by atoms with Gasteiger partial charge in [0.25, 0.3) is 0 Å². The van der Waals surface area contributed by atoms with Gasteiger partial charge in [0.05, 0.1) is 6.10 Å². The van der Waals surface area contributed by atoms with Gasteiger partial charge in [-0.15, -0.1) is 0 Å². The van der Waals surface area contributed by atoms with Gasteiger partial charge in [0.1, 0.15) is 0 Å². The first kappa shape index (κ1) is 15.2. The molecule has 0 aromatic heterocycles. The van der Waals surface area contributed by atoms with Gasteiger partial charge in [0.15, 0.2) is 6.04 Å². The summed E-state index contributed by atoms with van der Waals surface area (Å²) in [6.45, 7) is 1.33. The van der Waals surface area contributed by atoms with Crippen molar-refractivity contribution in [2.75, 3.05) is 5.75 Å². The van der Waals surface area contributed by atoms with Crippen molar-refractivity contribution in [1.29, 1.82) is 0 Å². The number of unbranched alkanes of at least 4 members (excludes halogenated alkanes) is 2. The monoisotopic (exact) mass is 249 g/mol. The standard InChI is InChI=1S/C10H19NO4S/c1-7(12)9(10(14)15)11-8(13)5-3-2-4-6-16/h7,9,12,16H,2-6H2,1H3,(H,11,13)(H,14,15)/t7-,9+/m1/s1. The van der Waals surface area contributed by atoms with E-state index >= 15 is 0 Å². The highest BCUT2D eigenvalue weighted by Crippen LogP contribution is 2.02. The zero-order valence-electron chi connectivity index (χ0n) is 9.35. The van der Waals surface area contributed by atoms with Crippen LogP contribution in [0.4, 0.5) is 0 Å². The molecule has 0 radical (unpaired) electrons. The zero-order chi connectivity index (χ0) is 12.6. The molecule has 0 unspecified atom stereocenters. The third kappa shape index (κ3) is 6.68. The minimum Gasteiger partial charge on any atom is -0.480 e. The van der Waals surface area contributed by atoms with E-state index in [1.165, 1.54) is 6.92 Å². The Balaban J connectivity index is 3.87. The molecule has 2 atom stereocenters. The molecule has 0 fully saturated rings. The van der Waals surface area contributed by atoms with Crippen LogP contribution in [-0.4, -0.2) is 40.0 Å². The molecular weight excluding hydrogens is 230 g/mol. The van der Waals surface area contributed by atoms with E-state index in [9.17, 15) is 9.59 Å². The molecule has 0 saturated carbocycles. The van der Waals surface area contributed by atoms with Crippen LogP contribution in [0.1, 0.15) is 32.6 Å². The van der Waals surface area contributed by atoms with Crippen LogP contribution < -0.4 is 5.32 Å². The Labute approximate surface area is 101 Å². The SMILES string of the molecule is C[C@@H](O)[C@H](NC(=O)CCCCCS)C(=O)O. The predicted molar refractivity (Wildman–Crippen MR) is 63.6 cm³/mol. The minimum atomic E-state index is -1.22. The van der Waals surface area contributed by atoms with Crippen molar-refractivity contribution in [3.8, 4) is 0 Å². The highest BCUT2D eigenvalue weighted by atomic mass is 32.1. The molecule has 0 saturated heterocycles. The lowest BCUT2D eigenvalue weighted by molar-refractivity contribution is -0.144. The fraction of sp³-hybridized carbons (Fsp3) is 0.800. The third-order valence-electron chi connectivity index (χ3n) is 2.13. The van der Waals surface area contributed by atoms with Crippen molar-refractivity contribution in [3.63, 3.8) is 0 Å². The van der Waals surface area contributed by atoms with Crippen LogP contribution in [0.15, 0.2) is 0 Å². The molecule has 0 aliphatic rings. The lowest BCUT2D eigenvalue weighted by Crippen LogP contribution is -2.47. The summed E-state index contributed by atoms with van der Waals surface area (Å²) in [6.07, 6.45) is 1.72. The first-order chi connectivity index (χ1) is 7.49. The number of nitrogens with one attached hydrogen (secondary N) is 1. The van der Waals surface area contributed by atoms with E-state index in [4.69, 9.17) is 10.2 Å². The molecule has 0 aliphatic carbocycles. The molecule has 0 aromatic carbocycles. The Kier molecular flexibility index (Phi) is 8.01. The van der Waals surface area contributed by atoms with Crippen LogP contribution in [0.5, 0.6) is 0 Å². The number of hydrogen-bond donors (Lipinski definition) is 4. The highest BCUT2D eigenvalue weighted by Gasteiger charge is 2.24. The predicted octanol–water partition coefficient (Wildman–Crippen LogP) is 0.427. The van der Waals surface area contributed by atoms with E-state index in [1.807, 2.05) is 0 Å². The lowest BCUT2D eigenvalue weighted by Gasteiger charge is -2.16. The number of amides is 1. The number of carboxylic acid groups (broad SMARTS) is 1.